The summed E-state index contributed by atoms with van der Waals surface area (Å²) in [5, 5.41) is 0. The van der Waals surface area contributed by atoms with Crippen molar-refractivity contribution in [2.45, 2.75) is 6.42 Å². The van der Waals surface area contributed by atoms with Gasteiger partial charge in [-0.2, -0.15) is 6.08 Å². The van der Waals surface area contributed by atoms with Gasteiger partial charge in [0.05, 0.1) is 0 Å². The zero-order valence-electron chi connectivity index (χ0n) is 3.29. The van der Waals surface area contributed by atoms with E-state index in [1.54, 1.807) is 0 Å². The van der Waals surface area contributed by atoms with Gasteiger partial charge in [-0.1, -0.05) is 0 Å². The average molecular weight is 255 g/mol. The van der Waals surface area contributed by atoms with Gasteiger partial charge in [0, 0.05) is 0 Å². The molecular weight excluding hydrogens is 250 g/mol. The summed E-state index contributed by atoms with van der Waals surface area (Å²) in [5.41, 5.74) is 0. The molecule has 0 saturated carbocycles. The molecular formula is C5H5Os. The Balaban J connectivity index is 0.000000250. The molecule has 6 heavy (non-hydrogen) atoms. The maximum atomic E-state index is 2.99. The summed E-state index contributed by atoms with van der Waals surface area (Å²) in [6.07, 6.45) is 10.0. The Morgan fingerprint density at radius 2 is 2.33 bits per heavy atom. The van der Waals surface area contributed by atoms with Crippen LogP contribution in [0.4, 0.5) is 0 Å². The quantitative estimate of drug-likeness (QED) is 0.572. The van der Waals surface area contributed by atoms with E-state index in [4.69, 9.17) is 0 Å². The van der Waals surface area contributed by atoms with E-state index in [0.717, 1.165) is 6.42 Å². The standard InChI is InChI=1S/C5H5.Os/c1-2-4-5-3-1;/h1-3H,4H2;/q-1;+1. The minimum absolute atomic E-state index is 0. The molecule has 0 heterocycles. The molecule has 0 spiro atoms. The minimum atomic E-state index is 0. The van der Waals surface area contributed by atoms with Crippen molar-refractivity contribution in [3.8, 4) is 0 Å². The monoisotopic (exact) mass is 257 g/mol. The van der Waals surface area contributed by atoms with Gasteiger partial charge >= 0.3 is 19.8 Å². The molecule has 33 valence electrons. The number of hydrogen-bond donors (Lipinski definition) is 0. The van der Waals surface area contributed by atoms with Crippen LogP contribution in [0.1, 0.15) is 6.42 Å². The van der Waals surface area contributed by atoms with Gasteiger partial charge in [0.15, 0.2) is 0 Å². The molecule has 0 aromatic carbocycles. The van der Waals surface area contributed by atoms with Gasteiger partial charge in [0.2, 0.25) is 0 Å². The van der Waals surface area contributed by atoms with Crippen molar-refractivity contribution < 1.29 is 19.8 Å². The van der Waals surface area contributed by atoms with Crippen LogP contribution < -0.4 is 0 Å². The third-order valence-electron chi connectivity index (χ3n) is 0.586. The predicted octanol–water partition coefficient (Wildman–Crippen LogP) is 1.30. The van der Waals surface area contributed by atoms with Crippen molar-refractivity contribution in [3.63, 3.8) is 0 Å². The Labute approximate surface area is 51.0 Å². The molecule has 0 aromatic heterocycles. The molecule has 0 nitrogen and oxygen atoms in total. The van der Waals surface area contributed by atoms with Gasteiger partial charge in [-0.25, -0.2) is 12.2 Å². The van der Waals surface area contributed by atoms with Crippen LogP contribution in [0.15, 0.2) is 18.2 Å². The second-order valence-corrected chi connectivity index (χ2v) is 1.00. The largest absolute Gasteiger partial charge is 1.00 e. The zero-order valence-corrected chi connectivity index (χ0v) is 5.83. The number of rotatable bonds is 0. The van der Waals surface area contributed by atoms with Gasteiger partial charge in [-0.15, -0.1) is 6.42 Å². The van der Waals surface area contributed by atoms with E-state index in [1.807, 2.05) is 12.2 Å². The number of hydrogen-bond acceptors (Lipinski definition) is 0. The van der Waals surface area contributed by atoms with Crippen molar-refractivity contribution in [2.75, 3.05) is 0 Å². The summed E-state index contributed by atoms with van der Waals surface area (Å²) in [6.45, 7) is 0. The third-order valence-corrected chi connectivity index (χ3v) is 0.586. The minimum Gasteiger partial charge on any atom is -0.273 e. The van der Waals surface area contributed by atoms with Crippen molar-refractivity contribution in [1.82, 2.24) is 0 Å². The fourth-order valence-corrected chi connectivity index (χ4v) is 0.340. The molecule has 1 aliphatic rings. The Kier molecular flexibility index (Phi) is 3.38. The summed E-state index contributed by atoms with van der Waals surface area (Å²) in [5.74, 6) is 0. The maximum absolute atomic E-state index is 2.99. The first-order valence-corrected chi connectivity index (χ1v) is 1.72. The van der Waals surface area contributed by atoms with E-state index in [9.17, 15) is 0 Å². The van der Waals surface area contributed by atoms with Crippen LogP contribution in [0.5, 0.6) is 0 Å². The van der Waals surface area contributed by atoms with Crippen LogP contribution in [-0.2, 0) is 19.8 Å². The molecule has 0 unspecified atom stereocenters. The van der Waals surface area contributed by atoms with Crippen LogP contribution in [0.2, 0.25) is 0 Å². The summed E-state index contributed by atoms with van der Waals surface area (Å²) >= 11 is 0. The zero-order chi connectivity index (χ0) is 3.54. The first kappa shape index (κ1) is 6.12. The van der Waals surface area contributed by atoms with E-state index in [-0.39, 0.29) is 19.8 Å². The molecule has 0 aliphatic heterocycles. The average Bonchev–Trinajstić information content (AvgIpc) is 1.76. The smallest absolute Gasteiger partial charge is 0.273 e. The first-order chi connectivity index (χ1) is 2.50. The van der Waals surface area contributed by atoms with E-state index in [0.29, 0.717) is 0 Å². The SMILES string of the molecule is [C-]1=CC=CC1.[Os+]. The third kappa shape index (κ3) is 1.53. The first-order valence-electron chi connectivity index (χ1n) is 1.72. The van der Waals surface area contributed by atoms with Crippen molar-refractivity contribution >= 4 is 0 Å². The second kappa shape index (κ2) is 3.31. The molecule has 1 radical (unpaired) electrons. The Morgan fingerprint density at radius 3 is 2.50 bits per heavy atom. The van der Waals surface area contributed by atoms with Gasteiger partial charge in [0.25, 0.3) is 0 Å². The van der Waals surface area contributed by atoms with Crippen LogP contribution in [0.3, 0.4) is 0 Å². The maximum Gasteiger partial charge on any atom is 1.00 e. The predicted molar refractivity (Wildman–Crippen MR) is 21.6 cm³/mol. The van der Waals surface area contributed by atoms with Crippen LogP contribution in [-0.4, -0.2) is 0 Å². The molecule has 0 saturated heterocycles. The fourth-order valence-electron chi connectivity index (χ4n) is 0.340. The van der Waals surface area contributed by atoms with Crippen molar-refractivity contribution in [1.29, 1.82) is 0 Å². The molecule has 0 atom stereocenters. The summed E-state index contributed by atoms with van der Waals surface area (Å²) in [6, 6.07) is 0. The molecule has 1 heteroatoms. The van der Waals surface area contributed by atoms with Crippen LogP contribution in [0, 0.1) is 6.08 Å². The van der Waals surface area contributed by atoms with Crippen LogP contribution in [0.25, 0.3) is 0 Å². The van der Waals surface area contributed by atoms with Crippen LogP contribution >= 0.6 is 0 Å². The second-order valence-electron chi connectivity index (χ2n) is 1.00. The Morgan fingerprint density at radius 1 is 1.50 bits per heavy atom. The topological polar surface area (TPSA) is 0 Å². The molecule has 0 fully saturated rings. The fraction of sp³-hybridized carbons (Fsp3) is 0.200. The summed E-state index contributed by atoms with van der Waals surface area (Å²) in [4.78, 5) is 0. The summed E-state index contributed by atoms with van der Waals surface area (Å²) in [7, 11) is 0. The van der Waals surface area contributed by atoms with E-state index >= 15 is 0 Å². The summed E-state index contributed by atoms with van der Waals surface area (Å²) < 4.78 is 0. The molecule has 0 amide bonds. The molecule has 0 aromatic rings. The van der Waals surface area contributed by atoms with Crippen molar-refractivity contribution in [3.05, 3.63) is 24.3 Å². The Hall–Kier alpha value is 0.116. The van der Waals surface area contributed by atoms with Gasteiger partial charge in [0.1, 0.15) is 0 Å². The van der Waals surface area contributed by atoms with E-state index in [2.05, 4.69) is 12.2 Å². The molecule has 0 N–H and O–H groups in total. The van der Waals surface area contributed by atoms with Gasteiger partial charge in [-0.05, 0) is 0 Å². The molecule has 1 rings (SSSR count). The number of allylic oxidation sites excluding steroid dienone is 4. The van der Waals surface area contributed by atoms with Crippen molar-refractivity contribution in [2.24, 2.45) is 0 Å². The molecule has 0 bridgehead atoms. The van der Waals surface area contributed by atoms with Gasteiger partial charge < -0.3 is 0 Å². The molecule has 1 aliphatic carbocycles. The van der Waals surface area contributed by atoms with E-state index < -0.39 is 0 Å². The van der Waals surface area contributed by atoms with E-state index in [1.165, 1.54) is 0 Å². The van der Waals surface area contributed by atoms with Gasteiger partial charge in [-0.3, -0.25) is 6.08 Å². The normalized spacial score (nSPS) is 14.7. The Bertz CT molecular complexity index is 62.0.